The van der Waals surface area contributed by atoms with Crippen molar-refractivity contribution in [3.8, 4) is 0 Å². The minimum Gasteiger partial charge on any atom is -0.457 e. The van der Waals surface area contributed by atoms with Crippen LogP contribution in [0.15, 0.2) is 24.3 Å². The summed E-state index contributed by atoms with van der Waals surface area (Å²) >= 11 is 0. The number of carbonyl (C=O) groups excluding carboxylic acids is 1. The van der Waals surface area contributed by atoms with E-state index in [9.17, 15) is 4.79 Å². The van der Waals surface area contributed by atoms with Gasteiger partial charge in [-0.25, -0.2) is 0 Å². The fourth-order valence-corrected chi connectivity index (χ4v) is 1.74. The second-order valence-corrected chi connectivity index (χ2v) is 3.43. The van der Waals surface area contributed by atoms with Gasteiger partial charge in [-0.3, -0.25) is 4.79 Å². The summed E-state index contributed by atoms with van der Waals surface area (Å²) in [6, 6.07) is 7.95. The van der Waals surface area contributed by atoms with E-state index in [2.05, 4.69) is 0 Å². The Bertz CT molecular complexity index is 350. The van der Waals surface area contributed by atoms with E-state index in [-0.39, 0.29) is 36.5 Å². The van der Waals surface area contributed by atoms with Crippen molar-refractivity contribution < 1.29 is 28.1 Å². The van der Waals surface area contributed by atoms with Crippen LogP contribution in [0.4, 0.5) is 0 Å². The number of fused-ring (bicyclic) bond motifs is 1. The van der Waals surface area contributed by atoms with E-state index in [1.807, 2.05) is 52.0 Å². The summed E-state index contributed by atoms with van der Waals surface area (Å²) in [5.74, 6) is -0.237. The van der Waals surface area contributed by atoms with Gasteiger partial charge in [-0.15, -0.1) is 0 Å². The Morgan fingerprint density at radius 2 is 1.56 bits per heavy atom. The number of ether oxygens (including phenoxy) is 1. The zero-order chi connectivity index (χ0) is 11.4. The molecule has 1 radical (unpaired) electrons. The van der Waals surface area contributed by atoms with Crippen molar-refractivity contribution in [1.29, 1.82) is 0 Å². The van der Waals surface area contributed by atoms with E-state index in [1.54, 1.807) is 0 Å². The maximum absolute atomic E-state index is 11.3. The summed E-state index contributed by atoms with van der Waals surface area (Å²) in [5, 5.41) is 0. The zero-order valence-corrected chi connectivity index (χ0v) is 11.6. The number of rotatable bonds is 0. The van der Waals surface area contributed by atoms with E-state index in [1.165, 1.54) is 0 Å². The maximum Gasteiger partial charge on any atom is 0.313 e. The molecular weight excluding hydrogens is 239 g/mol. The zero-order valence-electron chi connectivity index (χ0n) is 10.2. The molecule has 0 fully saturated rings. The van der Waals surface area contributed by atoms with E-state index < -0.39 is 0 Å². The monoisotopic (exact) mass is 257 g/mol. The van der Waals surface area contributed by atoms with Crippen LogP contribution in [0.1, 0.15) is 50.8 Å². The van der Waals surface area contributed by atoms with Gasteiger partial charge in [-0.1, -0.05) is 38.1 Å². The third-order valence-electron chi connectivity index (χ3n) is 2.55. The van der Waals surface area contributed by atoms with E-state index in [0.29, 0.717) is 0 Å². The molecule has 0 amide bonds. The molecular formula is C13H18O2V. The first-order valence-electron chi connectivity index (χ1n) is 5.49. The number of esters is 1. The fraction of sp³-hybridized carbons (Fsp3) is 0.462. The van der Waals surface area contributed by atoms with Crippen LogP contribution in [0.3, 0.4) is 0 Å². The summed E-state index contributed by atoms with van der Waals surface area (Å²) < 4.78 is 5.19. The van der Waals surface area contributed by atoms with Gasteiger partial charge >= 0.3 is 5.97 Å². The van der Waals surface area contributed by atoms with Gasteiger partial charge in [0.1, 0.15) is 6.10 Å². The van der Waals surface area contributed by atoms with Crippen molar-refractivity contribution in [3.05, 3.63) is 35.4 Å². The van der Waals surface area contributed by atoms with Gasteiger partial charge in [0.05, 0.1) is 5.92 Å². The molecule has 1 aromatic rings. The predicted octanol–water partition coefficient (Wildman–Crippen LogP) is 3.43. The third-order valence-corrected chi connectivity index (χ3v) is 2.55. The summed E-state index contributed by atoms with van der Waals surface area (Å²) in [5.41, 5.74) is 2.24. The van der Waals surface area contributed by atoms with Crippen molar-refractivity contribution in [3.63, 3.8) is 0 Å². The summed E-state index contributed by atoms with van der Waals surface area (Å²) in [7, 11) is 0. The van der Waals surface area contributed by atoms with Gasteiger partial charge in [0, 0.05) is 18.6 Å². The van der Waals surface area contributed by atoms with Gasteiger partial charge in [-0.05, 0) is 25.0 Å². The normalized spacial score (nSPS) is 21.9. The van der Waals surface area contributed by atoms with E-state index in [0.717, 1.165) is 11.1 Å². The fourth-order valence-electron chi connectivity index (χ4n) is 1.74. The summed E-state index contributed by atoms with van der Waals surface area (Å²) in [6.07, 6.45) is -0.0973. The Balaban J connectivity index is 0.000000711. The Morgan fingerprint density at radius 1 is 1.06 bits per heavy atom. The molecule has 0 spiro atoms. The van der Waals surface area contributed by atoms with Crippen molar-refractivity contribution >= 4 is 5.97 Å². The van der Waals surface area contributed by atoms with Crippen LogP contribution in [0.5, 0.6) is 0 Å². The standard InChI is InChI=1S/C11H12O2.C2H6.V/c1-7-9-5-3-4-6-10(9)8(2)13-11(7)12;1-2;/h3-8H,1-2H3;1-2H3;. The average Bonchev–Trinajstić information content (AvgIpc) is 2.29. The van der Waals surface area contributed by atoms with Crippen LogP contribution < -0.4 is 0 Å². The molecule has 0 bridgehead atoms. The van der Waals surface area contributed by atoms with Crippen LogP contribution in [-0.2, 0) is 28.1 Å². The molecule has 2 nitrogen and oxygen atoms in total. The number of hydrogen-bond acceptors (Lipinski definition) is 2. The first-order valence-corrected chi connectivity index (χ1v) is 5.49. The second kappa shape index (κ2) is 6.77. The molecule has 0 aromatic heterocycles. The topological polar surface area (TPSA) is 26.3 Å². The minimum atomic E-state index is -0.119. The maximum atomic E-state index is 11.3. The Hall–Kier alpha value is -0.726. The average molecular weight is 257 g/mol. The van der Waals surface area contributed by atoms with Crippen LogP contribution in [0.2, 0.25) is 0 Å². The van der Waals surface area contributed by atoms with Gasteiger partial charge < -0.3 is 4.74 Å². The second-order valence-electron chi connectivity index (χ2n) is 3.43. The summed E-state index contributed by atoms with van der Waals surface area (Å²) in [6.45, 7) is 7.79. The third kappa shape index (κ3) is 2.90. The molecule has 87 valence electrons. The Kier molecular flexibility index (Phi) is 6.46. The van der Waals surface area contributed by atoms with Gasteiger partial charge in [-0.2, -0.15) is 0 Å². The van der Waals surface area contributed by atoms with Crippen LogP contribution in [0.25, 0.3) is 0 Å². The van der Waals surface area contributed by atoms with E-state index >= 15 is 0 Å². The number of benzene rings is 1. The minimum absolute atomic E-state index is 0. The first-order chi connectivity index (χ1) is 7.20. The SMILES string of the molecule is CC.CC1OC(=O)C(C)c2ccccc21.[V]. The molecule has 1 heterocycles. The molecule has 1 aliphatic rings. The molecule has 0 saturated heterocycles. The quantitative estimate of drug-likeness (QED) is 0.665. The first kappa shape index (κ1) is 15.3. The van der Waals surface area contributed by atoms with Gasteiger partial charge in [0.25, 0.3) is 0 Å². The van der Waals surface area contributed by atoms with Crippen molar-refractivity contribution in [2.45, 2.75) is 39.7 Å². The number of cyclic esters (lactones) is 1. The predicted molar refractivity (Wildman–Crippen MR) is 60.7 cm³/mol. The smallest absolute Gasteiger partial charge is 0.313 e. The van der Waals surface area contributed by atoms with Crippen molar-refractivity contribution in [1.82, 2.24) is 0 Å². The molecule has 0 saturated carbocycles. The van der Waals surface area contributed by atoms with Crippen molar-refractivity contribution in [2.24, 2.45) is 0 Å². The largest absolute Gasteiger partial charge is 0.457 e. The van der Waals surface area contributed by atoms with Gasteiger partial charge in [0.15, 0.2) is 0 Å². The number of hydrogen-bond donors (Lipinski definition) is 0. The molecule has 1 aliphatic heterocycles. The van der Waals surface area contributed by atoms with Gasteiger partial charge in [0.2, 0.25) is 0 Å². The van der Waals surface area contributed by atoms with Crippen molar-refractivity contribution in [2.75, 3.05) is 0 Å². The Labute approximate surface area is 109 Å². The van der Waals surface area contributed by atoms with Crippen LogP contribution >= 0.6 is 0 Å². The molecule has 1 aromatic carbocycles. The van der Waals surface area contributed by atoms with E-state index in [4.69, 9.17) is 4.74 Å². The number of carbonyl (C=O) groups is 1. The molecule has 2 atom stereocenters. The van der Waals surface area contributed by atoms with Crippen LogP contribution in [0, 0.1) is 0 Å². The molecule has 3 heteroatoms. The summed E-state index contributed by atoms with van der Waals surface area (Å²) in [4.78, 5) is 11.3. The molecule has 16 heavy (non-hydrogen) atoms. The molecule has 2 rings (SSSR count). The molecule has 2 unspecified atom stereocenters. The van der Waals surface area contributed by atoms with Crippen LogP contribution in [-0.4, -0.2) is 5.97 Å². The molecule has 0 N–H and O–H groups in total. The Morgan fingerprint density at radius 3 is 2.12 bits per heavy atom. The molecule has 0 aliphatic carbocycles.